The van der Waals surface area contributed by atoms with Gasteiger partial charge in [0.05, 0.1) is 0 Å². The second-order valence-corrected chi connectivity index (χ2v) is 4.63. The highest BCUT2D eigenvalue weighted by molar-refractivity contribution is 5.81. The molecule has 0 heterocycles. The van der Waals surface area contributed by atoms with E-state index in [1.807, 2.05) is 0 Å². The normalized spacial score (nSPS) is 26.5. The van der Waals surface area contributed by atoms with Crippen molar-refractivity contribution in [1.82, 2.24) is 5.32 Å². The topological polar surface area (TPSA) is 29.1 Å². The van der Waals surface area contributed by atoms with Crippen LogP contribution in [0.4, 0.5) is 0 Å². The first-order chi connectivity index (χ1) is 7.29. The van der Waals surface area contributed by atoms with Gasteiger partial charge in [-0.25, -0.2) is 0 Å². The van der Waals surface area contributed by atoms with Gasteiger partial charge in [-0.05, 0) is 25.3 Å². The zero-order chi connectivity index (χ0) is 11.1. The van der Waals surface area contributed by atoms with Gasteiger partial charge in [0.25, 0.3) is 0 Å². The first-order valence-corrected chi connectivity index (χ1v) is 6.53. The van der Waals surface area contributed by atoms with Gasteiger partial charge >= 0.3 is 0 Å². The van der Waals surface area contributed by atoms with E-state index in [2.05, 4.69) is 19.2 Å². The number of carbonyl (C=O) groups is 1. The lowest BCUT2D eigenvalue weighted by molar-refractivity contribution is -0.125. The van der Waals surface area contributed by atoms with Crippen molar-refractivity contribution in [2.75, 3.05) is 13.1 Å². The van der Waals surface area contributed by atoms with E-state index in [0.717, 1.165) is 25.9 Å². The van der Waals surface area contributed by atoms with Crippen molar-refractivity contribution in [2.24, 2.45) is 11.8 Å². The summed E-state index contributed by atoms with van der Waals surface area (Å²) >= 11 is 0. The molecule has 1 rings (SSSR count). The Morgan fingerprint density at radius 1 is 1.27 bits per heavy atom. The van der Waals surface area contributed by atoms with Crippen molar-refractivity contribution in [3.63, 3.8) is 0 Å². The lowest BCUT2D eigenvalue weighted by Crippen LogP contribution is -2.29. The van der Waals surface area contributed by atoms with Gasteiger partial charge in [0, 0.05) is 18.9 Å². The molecule has 2 unspecified atom stereocenters. The van der Waals surface area contributed by atoms with Crippen molar-refractivity contribution in [3.8, 4) is 0 Å². The number of Topliss-reactive ketones (excluding diaryl/α,β-unsaturated/α-hetero) is 1. The third-order valence-electron chi connectivity index (χ3n) is 3.65. The Morgan fingerprint density at radius 2 is 2.00 bits per heavy atom. The van der Waals surface area contributed by atoms with E-state index in [1.54, 1.807) is 0 Å². The number of hydrogen-bond acceptors (Lipinski definition) is 2. The first-order valence-electron chi connectivity index (χ1n) is 6.53. The van der Waals surface area contributed by atoms with Gasteiger partial charge in [-0.1, -0.05) is 33.1 Å². The Kier molecular flexibility index (Phi) is 5.92. The van der Waals surface area contributed by atoms with E-state index >= 15 is 0 Å². The molecule has 0 aromatic rings. The standard InChI is InChI=1S/C13H25NO/c1-3-11-7-5-6-8-12(11)13(15)9-10-14-4-2/h11-12,14H,3-10H2,1-2H3. The molecule has 0 amide bonds. The average molecular weight is 211 g/mol. The Balaban J connectivity index is 2.34. The van der Waals surface area contributed by atoms with Crippen LogP contribution in [0.2, 0.25) is 0 Å². The number of carbonyl (C=O) groups excluding carboxylic acids is 1. The maximum absolute atomic E-state index is 12.0. The summed E-state index contributed by atoms with van der Waals surface area (Å²) in [6, 6.07) is 0. The fourth-order valence-electron chi connectivity index (χ4n) is 2.69. The molecular weight excluding hydrogens is 186 g/mol. The number of hydrogen-bond donors (Lipinski definition) is 1. The minimum atomic E-state index is 0.377. The first kappa shape index (κ1) is 12.7. The molecule has 2 nitrogen and oxygen atoms in total. The maximum atomic E-state index is 12.0. The smallest absolute Gasteiger partial charge is 0.137 e. The molecular formula is C13H25NO. The molecule has 0 aromatic carbocycles. The van der Waals surface area contributed by atoms with Crippen molar-refractivity contribution in [3.05, 3.63) is 0 Å². The zero-order valence-electron chi connectivity index (χ0n) is 10.2. The Bertz CT molecular complexity index is 191. The molecule has 0 spiro atoms. The average Bonchev–Trinajstić information content (AvgIpc) is 2.29. The van der Waals surface area contributed by atoms with Crippen LogP contribution in [-0.4, -0.2) is 18.9 Å². The van der Waals surface area contributed by atoms with Gasteiger partial charge in [0.2, 0.25) is 0 Å². The lowest BCUT2D eigenvalue weighted by Gasteiger charge is -2.29. The summed E-state index contributed by atoms with van der Waals surface area (Å²) in [6.07, 6.45) is 6.91. The van der Waals surface area contributed by atoms with E-state index in [0.29, 0.717) is 17.6 Å². The second kappa shape index (κ2) is 7.00. The van der Waals surface area contributed by atoms with Crippen LogP contribution >= 0.6 is 0 Å². The molecule has 1 N–H and O–H groups in total. The van der Waals surface area contributed by atoms with Crippen LogP contribution in [0.1, 0.15) is 52.4 Å². The molecule has 1 aliphatic carbocycles. The van der Waals surface area contributed by atoms with Crippen LogP contribution in [0.3, 0.4) is 0 Å². The van der Waals surface area contributed by atoms with Gasteiger partial charge in [-0.2, -0.15) is 0 Å². The SMILES string of the molecule is CCNCCC(=O)C1CCCCC1CC. The minimum absolute atomic E-state index is 0.377. The molecule has 1 saturated carbocycles. The number of rotatable bonds is 6. The molecule has 0 saturated heterocycles. The summed E-state index contributed by atoms with van der Waals surface area (Å²) in [5, 5.41) is 3.23. The van der Waals surface area contributed by atoms with Gasteiger partial charge in [0.15, 0.2) is 0 Å². The van der Waals surface area contributed by atoms with Crippen LogP contribution in [0, 0.1) is 11.8 Å². The van der Waals surface area contributed by atoms with E-state index in [9.17, 15) is 4.79 Å². The van der Waals surface area contributed by atoms with E-state index in [-0.39, 0.29) is 0 Å². The highest BCUT2D eigenvalue weighted by atomic mass is 16.1. The predicted molar refractivity (Wildman–Crippen MR) is 63.9 cm³/mol. The van der Waals surface area contributed by atoms with Crippen LogP contribution in [-0.2, 0) is 4.79 Å². The Labute approximate surface area is 93.8 Å². The molecule has 2 heteroatoms. The molecule has 0 radical (unpaired) electrons. The summed E-state index contributed by atoms with van der Waals surface area (Å²) < 4.78 is 0. The van der Waals surface area contributed by atoms with Crippen LogP contribution < -0.4 is 5.32 Å². The third-order valence-corrected chi connectivity index (χ3v) is 3.65. The van der Waals surface area contributed by atoms with Crippen LogP contribution in [0.15, 0.2) is 0 Å². The molecule has 0 aromatic heterocycles. The molecule has 0 bridgehead atoms. The number of nitrogens with one attached hydrogen (secondary N) is 1. The lowest BCUT2D eigenvalue weighted by atomic mass is 9.75. The summed E-state index contributed by atoms with van der Waals surface area (Å²) in [4.78, 5) is 12.0. The third kappa shape index (κ3) is 3.94. The van der Waals surface area contributed by atoms with Crippen molar-refractivity contribution in [2.45, 2.75) is 52.4 Å². The van der Waals surface area contributed by atoms with Crippen LogP contribution in [0.5, 0.6) is 0 Å². The molecule has 1 fully saturated rings. The fourth-order valence-corrected chi connectivity index (χ4v) is 2.69. The second-order valence-electron chi connectivity index (χ2n) is 4.63. The number of ketones is 1. The van der Waals surface area contributed by atoms with E-state index in [4.69, 9.17) is 0 Å². The predicted octanol–water partition coefficient (Wildman–Crippen LogP) is 2.77. The van der Waals surface area contributed by atoms with E-state index in [1.165, 1.54) is 25.7 Å². The summed E-state index contributed by atoms with van der Waals surface area (Å²) in [7, 11) is 0. The van der Waals surface area contributed by atoms with Crippen LogP contribution in [0.25, 0.3) is 0 Å². The van der Waals surface area contributed by atoms with Crippen molar-refractivity contribution < 1.29 is 4.79 Å². The minimum Gasteiger partial charge on any atom is -0.317 e. The van der Waals surface area contributed by atoms with Crippen molar-refractivity contribution >= 4 is 5.78 Å². The van der Waals surface area contributed by atoms with Gasteiger partial charge < -0.3 is 5.32 Å². The zero-order valence-corrected chi connectivity index (χ0v) is 10.2. The highest BCUT2D eigenvalue weighted by Gasteiger charge is 2.28. The largest absolute Gasteiger partial charge is 0.317 e. The monoisotopic (exact) mass is 211 g/mol. The maximum Gasteiger partial charge on any atom is 0.137 e. The quantitative estimate of drug-likeness (QED) is 0.684. The molecule has 0 aliphatic heterocycles. The molecule has 88 valence electrons. The van der Waals surface area contributed by atoms with Crippen molar-refractivity contribution in [1.29, 1.82) is 0 Å². The Hall–Kier alpha value is -0.370. The molecule has 2 atom stereocenters. The van der Waals surface area contributed by atoms with Gasteiger partial charge in [0.1, 0.15) is 5.78 Å². The van der Waals surface area contributed by atoms with E-state index < -0.39 is 0 Å². The van der Waals surface area contributed by atoms with Gasteiger partial charge in [-0.15, -0.1) is 0 Å². The van der Waals surface area contributed by atoms with Gasteiger partial charge in [-0.3, -0.25) is 4.79 Å². The molecule has 15 heavy (non-hydrogen) atoms. The molecule has 1 aliphatic rings. The summed E-state index contributed by atoms with van der Waals surface area (Å²) in [5.74, 6) is 1.55. The highest BCUT2D eigenvalue weighted by Crippen LogP contribution is 2.33. The summed E-state index contributed by atoms with van der Waals surface area (Å²) in [6.45, 7) is 6.14. The fraction of sp³-hybridized carbons (Fsp3) is 0.923. The Morgan fingerprint density at radius 3 is 2.67 bits per heavy atom. The summed E-state index contributed by atoms with van der Waals surface area (Å²) in [5.41, 5.74) is 0.